The number of hydrogen-bond acceptors (Lipinski definition) is 3. The Kier molecular flexibility index (Phi) is 4.57. The molecule has 0 aromatic heterocycles. The number of alkyl halides is 1. The van der Waals surface area contributed by atoms with Crippen molar-refractivity contribution in [1.29, 1.82) is 0 Å². The van der Waals surface area contributed by atoms with E-state index in [4.69, 9.17) is 16.3 Å². The third-order valence-corrected chi connectivity index (χ3v) is 1.53. The van der Waals surface area contributed by atoms with Crippen LogP contribution in [0.25, 0.3) is 0 Å². The van der Waals surface area contributed by atoms with Gasteiger partial charge in [-0.2, -0.15) is 0 Å². The minimum absolute atomic E-state index is 0.0303. The number of esters is 1. The molecule has 0 aliphatic heterocycles. The van der Waals surface area contributed by atoms with E-state index in [1.54, 1.807) is 20.8 Å². The minimum atomic E-state index is -1.02. The van der Waals surface area contributed by atoms with Crippen LogP contribution >= 0.6 is 11.6 Å². The Hall–Kier alpha value is -0.280. The Labute approximate surface area is 77.7 Å². The highest BCUT2D eigenvalue weighted by atomic mass is 35.5. The first-order valence-electron chi connectivity index (χ1n) is 3.77. The van der Waals surface area contributed by atoms with Crippen LogP contribution in [0.3, 0.4) is 0 Å². The predicted molar refractivity (Wildman–Crippen MR) is 44.9 cm³/mol. The second-order valence-electron chi connectivity index (χ2n) is 3.62. The minimum Gasteiger partial charge on any atom is -0.849 e. The van der Waals surface area contributed by atoms with Crippen molar-refractivity contribution in [2.24, 2.45) is 5.41 Å². The van der Waals surface area contributed by atoms with Crippen molar-refractivity contribution in [3.8, 4) is 0 Å². The van der Waals surface area contributed by atoms with E-state index in [2.05, 4.69) is 0 Å². The lowest BCUT2D eigenvalue weighted by molar-refractivity contribution is -0.418. The van der Waals surface area contributed by atoms with Gasteiger partial charge < -0.3 is 9.84 Å². The maximum absolute atomic E-state index is 11.1. The van der Waals surface area contributed by atoms with Gasteiger partial charge >= 0.3 is 5.97 Å². The zero-order valence-electron chi connectivity index (χ0n) is 7.59. The number of carbonyl (C=O) groups excluding carboxylic acids is 1. The highest BCUT2D eigenvalue weighted by molar-refractivity contribution is 6.18. The van der Waals surface area contributed by atoms with E-state index in [1.807, 2.05) is 0 Å². The highest BCUT2D eigenvalue weighted by Crippen LogP contribution is 2.14. The maximum atomic E-state index is 11.1. The van der Waals surface area contributed by atoms with E-state index in [0.29, 0.717) is 0 Å². The molecule has 0 bridgehead atoms. The first kappa shape index (κ1) is 11.7. The molecule has 0 aliphatic carbocycles. The molecule has 72 valence electrons. The Balaban J connectivity index is 3.73. The lowest BCUT2D eigenvalue weighted by Gasteiger charge is -2.22. The van der Waals surface area contributed by atoms with E-state index in [1.165, 1.54) is 0 Å². The average molecular weight is 194 g/mol. The quantitative estimate of drug-likeness (QED) is 0.486. The molecule has 0 radical (unpaired) electrons. The number of hydrogen-bond donors (Lipinski definition) is 0. The Morgan fingerprint density at radius 1 is 1.58 bits per heavy atom. The van der Waals surface area contributed by atoms with Crippen molar-refractivity contribution in [2.75, 3.05) is 12.5 Å². The SMILES string of the molecule is CC(C)(C)C(=O)OCC([O-])CCl. The van der Waals surface area contributed by atoms with Crippen molar-refractivity contribution >= 4 is 17.6 Å². The summed E-state index contributed by atoms with van der Waals surface area (Å²) in [7, 11) is 0. The molecular formula is C8H14ClO3-. The van der Waals surface area contributed by atoms with Gasteiger partial charge in [0.25, 0.3) is 0 Å². The number of halogens is 1. The van der Waals surface area contributed by atoms with Gasteiger partial charge in [-0.1, -0.05) is 6.10 Å². The largest absolute Gasteiger partial charge is 0.849 e. The van der Waals surface area contributed by atoms with Crippen molar-refractivity contribution < 1.29 is 14.6 Å². The van der Waals surface area contributed by atoms with E-state index >= 15 is 0 Å². The first-order chi connectivity index (χ1) is 5.38. The fourth-order valence-electron chi connectivity index (χ4n) is 0.430. The second-order valence-corrected chi connectivity index (χ2v) is 3.93. The summed E-state index contributed by atoms with van der Waals surface area (Å²) in [5, 5.41) is 10.7. The van der Waals surface area contributed by atoms with Crippen LogP contribution < -0.4 is 5.11 Å². The monoisotopic (exact) mass is 193 g/mol. The lowest BCUT2D eigenvalue weighted by atomic mass is 9.97. The molecule has 0 spiro atoms. The van der Waals surface area contributed by atoms with Crippen LogP contribution in [0.5, 0.6) is 0 Å². The molecule has 0 aliphatic rings. The molecule has 0 aromatic rings. The topological polar surface area (TPSA) is 49.4 Å². The van der Waals surface area contributed by atoms with Crippen LogP contribution in [-0.2, 0) is 9.53 Å². The summed E-state index contributed by atoms with van der Waals surface area (Å²) in [5.74, 6) is -0.397. The molecule has 0 heterocycles. The van der Waals surface area contributed by atoms with E-state index < -0.39 is 11.5 Å². The van der Waals surface area contributed by atoms with Crippen molar-refractivity contribution in [3.63, 3.8) is 0 Å². The Morgan fingerprint density at radius 3 is 2.42 bits per heavy atom. The molecular weight excluding hydrogens is 180 g/mol. The van der Waals surface area contributed by atoms with Gasteiger partial charge in [0.15, 0.2) is 0 Å². The van der Waals surface area contributed by atoms with Gasteiger partial charge in [-0.3, -0.25) is 4.79 Å². The van der Waals surface area contributed by atoms with Gasteiger partial charge in [-0.15, -0.1) is 11.6 Å². The number of carbonyl (C=O) groups is 1. The smallest absolute Gasteiger partial charge is 0.311 e. The van der Waals surface area contributed by atoms with Crippen LogP contribution in [0.1, 0.15) is 20.8 Å². The molecule has 3 nitrogen and oxygen atoms in total. The van der Waals surface area contributed by atoms with Crippen molar-refractivity contribution in [3.05, 3.63) is 0 Å². The molecule has 0 fully saturated rings. The third-order valence-electron chi connectivity index (χ3n) is 1.18. The van der Waals surface area contributed by atoms with E-state index in [-0.39, 0.29) is 18.5 Å². The summed E-state index contributed by atoms with van der Waals surface area (Å²) in [6, 6.07) is 0. The third kappa shape index (κ3) is 4.57. The summed E-state index contributed by atoms with van der Waals surface area (Å²) in [4.78, 5) is 11.1. The molecule has 0 saturated heterocycles. The predicted octanol–water partition coefficient (Wildman–Crippen LogP) is 0.543. The maximum Gasteiger partial charge on any atom is 0.311 e. The summed E-state index contributed by atoms with van der Waals surface area (Å²) < 4.78 is 4.72. The molecule has 12 heavy (non-hydrogen) atoms. The lowest BCUT2D eigenvalue weighted by Crippen LogP contribution is -2.35. The molecule has 0 saturated carbocycles. The Bertz CT molecular complexity index is 151. The second kappa shape index (κ2) is 4.67. The standard InChI is InChI=1S/C8H14ClO3/c1-8(2,3)7(11)12-5-6(10)4-9/h6H,4-5H2,1-3H3/q-1. The van der Waals surface area contributed by atoms with Gasteiger partial charge in [-0.05, 0) is 20.8 Å². The fourth-order valence-corrected chi connectivity index (χ4v) is 0.519. The van der Waals surface area contributed by atoms with Crippen LogP contribution in [0, 0.1) is 5.41 Å². The fraction of sp³-hybridized carbons (Fsp3) is 0.875. The molecule has 0 amide bonds. The zero-order chi connectivity index (χ0) is 9.78. The summed E-state index contributed by atoms with van der Waals surface area (Å²) in [6.45, 7) is 5.06. The molecule has 0 aromatic carbocycles. The number of rotatable bonds is 3. The highest BCUT2D eigenvalue weighted by Gasteiger charge is 2.22. The number of ether oxygens (including phenoxy) is 1. The average Bonchev–Trinajstić information content (AvgIpc) is 1.97. The van der Waals surface area contributed by atoms with Crippen LogP contribution in [-0.4, -0.2) is 24.6 Å². The summed E-state index contributed by atoms with van der Waals surface area (Å²) >= 11 is 5.25. The molecule has 0 rings (SSSR count). The molecule has 1 unspecified atom stereocenters. The van der Waals surface area contributed by atoms with Gasteiger partial charge in [0, 0.05) is 5.88 Å². The molecule has 4 heteroatoms. The van der Waals surface area contributed by atoms with Gasteiger partial charge in [-0.25, -0.2) is 0 Å². The van der Waals surface area contributed by atoms with Gasteiger partial charge in [0.05, 0.1) is 12.0 Å². The van der Waals surface area contributed by atoms with Crippen LogP contribution in [0.4, 0.5) is 0 Å². The van der Waals surface area contributed by atoms with E-state index in [9.17, 15) is 9.90 Å². The van der Waals surface area contributed by atoms with Crippen LogP contribution in [0.2, 0.25) is 0 Å². The summed E-state index contributed by atoms with van der Waals surface area (Å²) in [6.07, 6.45) is -1.02. The molecule has 0 N–H and O–H groups in total. The molecule has 1 atom stereocenters. The zero-order valence-corrected chi connectivity index (χ0v) is 8.35. The van der Waals surface area contributed by atoms with Gasteiger partial charge in [0.1, 0.15) is 0 Å². The van der Waals surface area contributed by atoms with Crippen molar-refractivity contribution in [1.82, 2.24) is 0 Å². The van der Waals surface area contributed by atoms with Crippen LogP contribution in [0.15, 0.2) is 0 Å². The Morgan fingerprint density at radius 2 is 2.08 bits per heavy atom. The summed E-state index contributed by atoms with van der Waals surface area (Å²) in [5.41, 5.74) is -0.550. The van der Waals surface area contributed by atoms with Crippen molar-refractivity contribution in [2.45, 2.75) is 26.9 Å². The first-order valence-corrected chi connectivity index (χ1v) is 4.30. The van der Waals surface area contributed by atoms with Gasteiger partial charge in [0.2, 0.25) is 0 Å². The van der Waals surface area contributed by atoms with E-state index in [0.717, 1.165) is 0 Å². The normalized spacial score (nSPS) is 14.1.